The van der Waals surface area contributed by atoms with Crippen molar-refractivity contribution in [3.63, 3.8) is 0 Å². The molecule has 0 aliphatic rings. The maximum Gasteiger partial charge on any atom is 0.150 e. The first-order valence-electron chi connectivity index (χ1n) is 11.0. The van der Waals surface area contributed by atoms with E-state index < -0.39 is 0 Å². The van der Waals surface area contributed by atoms with E-state index in [0.717, 1.165) is 18.9 Å². The van der Waals surface area contributed by atoms with Gasteiger partial charge in [-0.15, -0.1) is 0 Å². The van der Waals surface area contributed by atoms with Gasteiger partial charge in [0.1, 0.15) is 55.9 Å². The van der Waals surface area contributed by atoms with Crippen LogP contribution in [0.1, 0.15) is 31.1 Å². The number of carbonyl (C=O) groups is 3. The maximum atomic E-state index is 11.0. The Morgan fingerprint density at radius 3 is 1.15 bits per heavy atom. The Hall–Kier alpha value is -3.97. The number of carbonyl (C=O) groups excluding carboxylic acids is 3. The summed E-state index contributed by atoms with van der Waals surface area (Å²) in [7, 11) is 0. The Bertz CT molecular complexity index is 947. The second-order valence-corrected chi connectivity index (χ2v) is 7.46. The molecule has 0 saturated heterocycles. The maximum absolute atomic E-state index is 11.0. The molecule has 0 saturated carbocycles. The third-order valence-electron chi connectivity index (χ3n) is 5.01. The van der Waals surface area contributed by atoms with E-state index in [1.807, 2.05) is 18.2 Å². The van der Waals surface area contributed by atoms with Crippen molar-refractivity contribution in [1.82, 2.24) is 4.90 Å². The number of hydrogen-bond donors (Lipinski definition) is 0. The van der Waals surface area contributed by atoms with Crippen LogP contribution in [0.4, 0.5) is 0 Å². The average Bonchev–Trinajstić information content (AvgIpc) is 2.88. The van der Waals surface area contributed by atoms with Crippen molar-refractivity contribution in [2.45, 2.75) is 0 Å². The molecule has 0 atom stereocenters. The van der Waals surface area contributed by atoms with Gasteiger partial charge >= 0.3 is 0 Å². The van der Waals surface area contributed by atoms with Crippen molar-refractivity contribution in [2.24, 2.45) is 0 Å². The van der Waals surface area contributed by atoms with Gasteiger partial charge in [0.05, 0.1) is 0 Å². The van der Waals surface area contributed by atoms with Gasteiger partial charge in [0.2, 0.25) is 0 Å². The highest BCUT2D eigenvalue weighted by atomic mass is 16.5. The molecular formula is C27H27NO6. The van der Waals surface area contributed by atoms with E-state index in [4.69, 9.17) is 14.2 Å². The molecule has 7 nitrogen and oxygen atoms in total. The molecule has 7 heteroatoms. The van der Waals surface area contributed by atoms with Gasteiger partial charge in [0.15, 0.2) is 0 Å². The molecule has 0 bridgehead atoms. The second-order valence-electron chi connectivity index (χ2n) is 7.46. The van der Waals surface area contributed by atoms with Gasteiger partial charge in [0, 0.05) is 36.3 Å². The SMILES string of the molecule is O=Cc1cccc(OCCN(CCOc2cccc(C=O)c2)CCOc2cccc(C=O)c2)c1. The van der Waals surface area contributed by atoms with Crippen LogP contribution < -0.4 is 14.2 Å². The minimum atomic E-state index is 0.420. The molecular weight excluding hydrogens is 434 g/mol. The van der Waals surface area contributed by atoms with Gasteiger partial charge < -0.3 is 14.2 Å². The van der Waals surface area contributed by atoms with Crippen molar-refractivity contribution in [1.29, 1.82) is 0 Å². The van der Waals surface area contributed by atoms with Gasteiger partial charge in [-0.05, 0) is 36.4 Å². The summed E-state index contributed by atoms with van der Waals surface area (Å²) in [6, 6.07) is 21.0. The summed E-state index contributed by atoms with van der Waals surface area (Å²) < 4.78 is 17.4. The van der Waals surface area contributed by atoms with Crippen LogP contribution in [-0.4, -0.2) is 63.2 Å². The van der Waals surface area contributed by atoms with Crippen molar-refractivity contribution in [3.8, 4) is 17.2 Å². The van der Waals surface area contributed by atoms with Gasteiger partial charge in [-0.3, -0.25) is 19.3 Å². The van der Waals surface area contributed by atoms with Crippen LogP contribution in [0, 0.1) is 0 Å². The number of nitrogens with zero attached hydrogens (tertiary/aromatic N) is 1. The van der Waals surface area contributed by atoms with E-state index in [9.17, 15) is 14.4 Å². The lowest BCUT2D eigenvalue weighted by Gasteiger charge is -2.22. The minimum absolute atomic E-state index is 0.420. The zero-order valence-electron chi connectivity index (χ0n) is 18.8. The lowest BCUT2D eigenvalue weighted by molar-refractivity contribution is 0.111. The predicted octanol–water partition coefficient (Wildman–Crippen LogP) is 3.96. The van der Waals surface area contributed by atoms with Crippen LogP contribution in [0.5, 0.6) is 17.2 Å². The van der Waals surface area contributed by atoms with E-state index >= 15 is 0 Å². The topological polar surface area (TPSA) is 82.1 Å². The molecule has 0 amide bonds. The number of rotatable bonds is 15. The first-order chi connectivity index (χ1) is 16.7. The highest BCUT2D eigenvalue weighted by Gasteiger charge is 2.08. The Balaban J connectivity index is 1.53. The molecule has 0 aromatic heterocycles. The second kappa shape index (κ2) is 13.5. The molecule has 0 radical (unpaired) electrons. The average molecular weight is 462 g/mol. The van der Waals surface area contributed by atoms with Crippen LogP contribution in [0.25, 0.3) is 0 Å². The highest BCUT2D eigenvalue weighted by Crippen LogP contribution is 2.14. The molecule has 34 heavy (non-hydrogen) atoms. The summed E-state index contributed by atoms with van der Waals surface area (Å²) in [4.78, 5) is 35.0. The summed E-state index contributed by atoms with van der Waals surface area (Å²) in [5.41, 5.74) is 1.68. The summed E-state index contributed by atoms with van der Waals surface area (Å²) in [5, 5.41) is 0. The lowest BCUT2D eigenvalue weighted by atomic mass is 10.2. The van der Waals surface area contributed by atoms with Crippen LogP contribution in [0.3, 0.4) is 0 Å². The molecule has 3 aromatic rings. The van der Waals surface area contributed by atoms with Crippen molar-refractivity contribution in [3.05, 3.63) is 89.5 Å². The highest BCUT2D eigenvalue weighted by molar-refractivity contribution is 5.76. The fourth-order valence-electron chi connectivity index (χ4n) is 3.25. The number of ether oxygens (including phenoxy) is 3. The number of benzene rings is 3. The molecule has 0 unspecified atom stereocenters. The molecule has 0 heterocycles. The van der Waals surface area contributed by atoms with Crippen LogP contribution in [0.15, 0.2) is 72.8 Å². The third-order valence-corrected chi connectivity index (χ3v) is 5.01. The molecule has 0 aliphatic carbocycles. The van der Waals surface area contributed by atoms with Crippen molar-refractivity contribution >= 4 is 18.9 Å². The molecule has 176 valence electrons. The molecule has 3 aromatic carbocycles. The minimum Gasteiger partial charge on any atom is -0.492 e. The lowest BCUT2D eigenvalue weighted by Crippen LogP contribution is -2.35. The standard InChI is InChI=1S/C27H27NO6/c29-19-22-4-1-7-25(16-22)32-13-10-28(11-14-33-26-8-2-5-23(17-26)20-30)12-15-34-27-9-3-6-24(18-27)21-31/h1-9,16-21H,10-15H2. The van der Waals surface area contributed by atoms with Crippen molar-refractivity contribution in [2.75, 3.05) is 39.5 Å². The van der Waals surface area contributed by atoms with E-state index in [1.165, 1.54) is 0 Å². The molecule has 0 spiro atoms. The molecule has 3 rings (SSSR count). The van der Waals surface area contributed by atoms with E-state index in [2.05, 4.69) is 4.90 Å². The first kappa shape index (κ1) is 24.7. The smallest absolute Gasteiger partial charge is 0.150 e. The molecule has 0 aliphatic heterocycles. The number of aldehydes is 3. The third kappa shape index (κ3) is 8.18. The summed E-state index contributed by atoms with van der Waals surface area (Å²) in [6.07, 6.45) is 2.35. The van der Waals surface area contributed by atoms with Crippen LogP contribution in [0.2, 0.25) is 0 Å². The Morgan fingerprint density at radius 1 is 0.529 bits per heavy atom. The van der Waals surface area contributed by atoms with Gasteiger partial charge in [-0.25, -0.2) is 0 Å². The van der Waals surface area contributed by atoms with E-state index in [-0.39, 0.29) is 0 Å². The van der Waals surface area contributed by atoms with Gasteiger partial charge in [-0.2, -0.15) is 0 Å². The van der Waals surface area contributed by atoms with Gasteiger partial charge in [0.25, 0.3) is 0 Å². The molecule has 0 fully saturated rings. The Labute approximate surface area is 198 Å². The Kier molecular flexibility index (Phi) is 9.83. The summed E-state index contributed by atoms with van der Waals surface area (Å²) in [6.45, 7) is 3.10. The monoisotopic (exact) mass is 461 g/mol. The normalized spacial score (nSPS) is 10.5. The first-order valence-corrected chi connectivity index (χ1v) is 11.0. The predicted molar refractivity (Wildman–Crippen MR) is 128 cm³/mol. The Morgan fingerprint density at radius 2 is 0.853 bits per heavy atom. The zero-order valence-corrected chi connectivity index (χ0v) is 18.8. The van der Waals surface area contributed by atoms with Crippen LogP contribution in [-0.2, 0) is 0 Å². The van der Waals surface area contributed by atoms with E-state index in [0.29, 0.717) is 73.4 Å². The van der Waals surface area contributed by atoms with Gasteiger partial charge in [-0.1, -0.05) is 36.4 Å². The number of hydrogen-bond acceptors (Lipinski definition) is 7. The zero-order chi connectivity index (χ0) is 24.0. The fraction of sp³-hybridized carbons (Fsp3) is 0.222. The summed E-state index contributed by atoms with van der Waals surface area (Å²) in [5.74, 6) is 1.90. The fourth-order valence-corrected chi connectivity index (χ4v) is 3.25. The quantitative estimate of drug-likeness (QED) is 0.317. The molecule has 0 N–H and O–H groups in total. The van der Waals surface area contributed by atoms with Crippen molar-refractivity contribution < 1.29 is 28.6 Å². The van der Waals surface area contributed by atoms with E-state index in [1.54, 1.807) is 54.6 Å². The van der Waals surface area contributed by atoms with Crippen LogP contribution >= 0.6 is 0 Å². The summed E-state index contributed by atoms with van der Waals surface area (Å²) >= 11 is 0. The largest absolute Gasteiger partial charge is 0.492 e.